The Hall–Kier alpha value is -1.11. The molecule has 1 heterocycles. The molecule has 18 heavy (non-hydrogen) atoms. The summed E-state index contributed by atoms with van der Waals surface area (Å²) in [4.78, 5) is 27.5. The average Bonchev–Trinajstić information content (AvgIpc) is 2.69. The van der Waals surface area contributed by atoms with E-state index < -0.39 is 0 Å². The van der Waals surface area contributed by atoms with E-state index in [0.29, 0.717) is 18.5 Å². The summed E-state index contributed by atoms with van der Waals surface area (Å²) in [7, 11) is 3.47. The van der Waals surface area contributed by atoms with Crippen molar-refractivity contribution in [1.29, 1.82) is 0 Å². The highest BCUT2D eigenvalue weighted by Gasteiger charge is 2.35. The third kappa shape index (κ3) is 2.36. The molecule has 1 unspecified atom stereocenters. The zero-order chi connectivity index (χ0) is 13.3. The van der Waals surface area contributed by atoms with E-state index in [2.05, 4.69) is 22.6 Å². The van der Waals surface area contributed by atoms with Gasteiger partial charge in [0, 0.05) is 24.2 Å². The summed E-state index contributed by atoms with van der Waals surface area (Å²) in [6, 6.07) is 7.10. The molecule has 0 aliphatic carbocycles. The molecule has 1 aromatic rings. The van der Waals surface area contributed by atoms with Gasteiger partial charge in [0.25, 0.3) is 5.91 Å². The Labute approximate surface area is 120 Å². The molecule has 0 bridgehead atoms. The van der Waals surface area contributed by atoms with Gasteiger partial charge in [-0.15, -0.1) is 0 Å². The molecule has 1 fully saturated rings. The van der Waals surface area contributed by atoms with Crippen LogP contribution in [0.25, 0.3) is 0 Å². The lowest BCUT2D eigenvalue weighted by Gasteiger charge is -2.23. The maximum atomic E-state index is 12.4. The third-order valence-corrected chi connectivity index (χ3v) is 4.23. The minimum absolute atomic E-state index is 0.0248. The number of nitrogens with zero attached hydrogens (tertiary/aromatic N) is 2. The van der Waals surface area contributed by atoms with Gasteiger partial charge in [-0.2, -0.15) is 0 Å². The number of carbonyl (C=O) groups excluding carboxylic acids is 2. The van der Waals surface area contributed by atoms with Crippen LogP contribution in [0.15, 0.2) is 24.3 Å². The van der Waals surface area contributed by atoms with Crippen LogP contribution in [0.2, 0.25) is 0 Å². The highest BCUT2D eigenvalue weighted by Crippen LogP contribution is 2.19. The Balaban J connectivity index is 2.20. The molecule has 0 saturated carbocycles. The van der Waals surface area contributed by atoms with Gasteiger partial charge in [-0.1, -0.05) is 12.1 Å². The number of benzene rings is 1. The molecular weight excluding hydrogens is 343 g/mol. The third-order valence-electron chi connectivity index (χ3n) is 3.29. The molecule has 1 aliphatic rings. The highest BCUT2D eigenvalue weighted by atomic mass is 127. The fourth-order valence-corrected chi connectivity index (χ4v) is 2.75. The minimum Gasteiger partial charge on any atom is -0.344 e. The summed E-state index contributed by atoms with van der Waals surface area (Å²) < 4.78 is 0.908. The number of likely N-dealkylation sites (tertiary alicyclic amines) is 1. The monoisotopic (exact) mass is 358 g/mol. The first kappa shape index (κ1) is 13.3. The van der Waals surface area contributed by atoms with Crippen molar-refractivity contribution in [3.8, 4) is 0 Å². The van der Waals surface area contributed by atoms with Gasteiger partial charge in [0.05, 0.1) is 5.56 Å². The molecule has 0 spiro atoms. The zero-order valence-corrected chi connectivity index (χ0v) is 12.5. The van der Waals surface area contributed by atoms with Crippen LogP contribution < -0.4 is 0 Å². The van der Waals surface area contributed by atoms with Gasteiger partial charge in [-0.05, 0) is 41.1 Å². The van der Waals surface area contributed by atoms with Gasteiger partial charge >= 0.3 is 0 Å². The van der Waals surface area contributed by atoms with E-state index in [1.54, 1.807) is 30.0 Å². The summed E-state index contributed by atoms with van der Waals surface area (Å²) >= 11 is 2.14. The fraction of sp³-hybridized carbons (Fsp3) is 0.385. The molecule has 2 rings (SSSR count). The van der Waals surface area contributed by atoms with Crippen molar-refractivity contribution in [3.05, 3.63) is 33.4 Å². The number of likely N-dealkylation sites (N-methyl/N-ethyl adjacent to an activating group) is 2. The first-order valence-corrected chi connectivity index (χ1v) is 6.87. The number of carbonyl (C=O) groups is 2. The van der Waals surface area contributed by atoms with E-state index in [0.717, 1.165) is 3.57 Å². The maximum Gasteiger partial charge on any atom is 0.255 e. The van der Waals surface area contributed by atoms with E-state index in [1.807, 2.05) is 18.2 Å². The molecule has 4 nitrogen and oxygen atoms in total. The molecule has 96 valence electrons. The predicted octanol–water partition coefficient (Wildman–Crippen LogP) is 1.59. The van der Waals surface area contributed by atoms with Gasteiger partial charge in [0.15, 0.2) is 0 Å². The SMILES string of the molecule is CN1CCC(N(C)C(=O)c2ccccc2I)C1=O. The van der Waals surface area contributed by atoms with Gasteiger partial charge in [0.1, 0.15) is 6.04 Å². The van der Waals surface area contributed by atoms with Gasteiger partial charge in [-0.3, -0.25) is 9.59 Å². The van der Waals surface area contributed by atoms with Gasteiger partial charge < -0.3 is 9.80 Å². The summed E-state index contributed by atoms with van der Waals surface area (Å²) in [5.74, 6) is -0.0644. The van der Waals surface area contributed by atoms with Crippen molar-refractivity contribution in [2.45, 2.75) is 12.5 Å². The smallest absolute Gasteiger partial charge is 0.255 e. The van der Waals surface area contributed by atoms with Crippen LogP contribution in [0.5, 0.6) is 0 Å². The average molecular weight is 358 g/mol. The predicted molar refractivity (Wildman–Crippen MR) is 77.3 cm³/mol. The topological polar surface area (TPSA) is 40.6 Å². The molecule has 2 amide bonds. The molecule has 1 aromatic carbocycles. The maximum absolute atomic E-state index is 12.4. The van der Waals surface area contributed by atoms with Crippen LogP contribution in [0.3, 0.4) is 0 Å². The lowest BCUT2D eigenvalue weighted by molar-refractivity contribution is -0.130. The Morgan fingerprint density at radius 1 is 1.44 bits per heavy atom. The number of halogens is 1. The number of amides is 2. The standard InChI is InChI=1S/C13H15IN2O2/c1-15-8-7-11(13(15)18)16(2)12(17)9-5-3-4-6-10(9)14/h3-6,11H,7-8H2,1-2H3. The summed E-state index contributed by atoms with van der Waals surface area (Å²) in [6.45, 7) is 0.715. The first-order valence-electron chi connectivity index (χ1n) is 5.79. The second-order valence-electron chi connectivity index (χ2n) is 4.46. The van der Waals surface area contributed by atoms with E-state index in [4.69, 9.17) is 0 Å². The fourth-order valence-electron chi connectivity index (χ4n) is 2.13. The lowest BCUT2D eigenvalue weighted by atomic mass is 10.1. The summed E-state index contributed by atoms with van der Waals surface area (Å²) in [5.41, 5.74) is 0.656. The molecule has 1 saturated heterocycles. The molecule has 0 radical (unpaired) electrons. The van der Waals surface area contributed by atoms with Crippen LogP contribution >= 0.6 is 22.6 Å². The van der Waals surface area contributed by atoms with Crippen molar-refractivity contribution in [3.63, 3.8) is 0 Å². The molecule has 5 heteroatoms. The van der Waals surface area contributed by atoms with Gasteiger partial charge in [0.2, 0.25) is 5.91 Å². The summed E-state index contributed by atoms with van der Waals surface area (Å²) in [6.07, 6.45) is 0.709. The quantitative estimate of drug-likeness (QED) is 0.754. The van der Waals surface area contributed by atoms with Crippen LogP contribution in [-0.2, 0) is 4.79 Å². The van der Waals surface area contributed by atoms with Crippen LogP contribution in [-0.4, -0.2) is 48.3 Å². The Kier molecular flexibility index (Phi) is 3.89. The molecular formula is C13H15IN2O2. The van der Waals surface area contributed by atoms with Gasteiger partial charge in [-0.25, -0.2) is 0 Å². The zero-order valence-electron chi connectivity index (χ0n) is 10.4. The van der Waals surface area contributed by atoms with E-state index in [9.17, 15) is 9.59 Å². The van der Waals surface area contributed by atoms with Crippen LogP contribution in [0.1, 0.15) is 16.8 Å². The minimum atomic E-state index is -0.321. The van der Waals surface area contributed by atoms with Crippen molar-refractivity contribution < 1.29 is 9.59 Å². The summed E-state index contributed by atoms with van der Waals surface area (Å²) in [5, 5.41) is 0. The van der Waals surface area contributed by atoms with Crippen molar-refractivity contribution in [2.75, 3.05) is 20.6 Å². The second kappa shape index (κ2) is 5.26. The van der Waals surface area contributed by atoms with E-state index in [-0.39, 0.29) is 17.9 Å². The molecule has 1 atom stereocenters. The number of hydrogen-bond acceptors (Lipinski definition) is 2. The molecule has 1 aliphatic heterocycles. The number of rotatable bonds is 2. The Morgan fingerprint density at radius 2 is 2.11 bits per heavy atom. The molecule has 0 N–H and O–H groups in total. The van der Waals surface area contributed by atoms with Crippen LogP contribution in [0.4, 0.5) is 0 Å². The van der Waals surface area contributed by atoms with Crippen LogP contribution in [0, 0.1) is 3.57 Å². The first-order chi connectivity index (χ1) is 8.52. The van der Waals surface area contributed by atoms with Crippen molar-refractivity contribution in [1.82, 2.24) is 9.80 Å². The molecule has 0 aromatic heterocycles. The highest BCUT2D eigenvalue weighted by molar-refractivity contribution is 14.1. The largest absolute Gasteiger partial charge is 0.344 e. The second-order valence-corrected chi connectivity index (χ2v) is 5.62. The Morgan fingerprint density at radius 3 is 2.67 bits per heavy atom. The lowest BCUT2D eigenvalue weighted by Crippen LogP contribution is -2.42. The number of hydrogen-bond donors (Lipinski definition) is 0. The van der Waals surface area contributed by atoms with Crippen molar-refractivity contribution >= 4 is 34.4 Å². The van der Waals surface area contributed by atoms with E-state index >= 15 is 0 Å². The Bertz CT molecular complexity index is 490. The van der Waals surface area contributed by atoms with Crippen molar-refractivity contribution in [2.24, 2.45) is 0 Å². The normalized spacial score (nSPS) is 19.2. The van der Waals surface area contributed by atoms with E-state index in [1.165, 1.54) is 0 Å².